The maximum Gasteiger partial charge on any atom is 0.416 e. The molecule has 1 N–H and O–H groups in total. The Morgan fingerprint density at radius 2 is 1.73 bits per heavy atom. The fourth-order valence-corrected chi connectivity index (χ4v) is 2.08. The number of aliphatic hydroxyl groups excluding tert-OH is 1. The van der Waals surface area contributed by atoms with Crippen molar-refractivity contribution in [1.82, 2.24) is 4.98 Å². The number of ether oxygens (including phenoxy) is 1. The minimum atomic E-state index is -4.37. The second kappa shape index (κ2) is 7.24. The van der Waals surface area contributed by atoms with Crippen LogP contribution in [-0.2, 0) is 12.8 Å². The van der Waals surface area contributed by atoms with Gasteiger partial charge >= 0.3 is 6.18 Å². The van der Waals surface area contributed by atoms with Crippen LogP contribution in [0.25, 0.3) is 0 Å². The summed E-state index contributed by atoms with van der Waals surface area (Å²) < 4.78 is 43.0. The minimum Gasteiger partial charge on any atom is -0.457 e. The summed E-state index contributed by atoms with van der Waals surface area (Å²) in [5, 5.41) is 11.2. The lowest BCUT2D eigenvalue weighted by molar-refractivity contribution is -0.137. The molecule has 22 heavy (non-hydrogen) atoms. The number of aliphatic hydroxyl groups is 1. The predicted molar refractivity (Wildman–Crippen MR) is 77.2 cm³/mol. The lowest BCUT2D eigenvalue weighted by Crippen LogP contribution is -2.03. The van der Waals surface area contributed by atoms with Crippen LogP contribution in [-0.4, -0.2) is 10.1 Å². The van der Waals surface area contributed by atoms with Crippen LogP contribution in [0.1, 0.15) is 10.6 Å². The average molecular weight is 327 g/mol. The van der Waals surface area contributed by atoms with Crippen molar-refractivity contribution in [3.05, 3.63) is 64.6 Å². The first-order valence-electron chi connectivity index (χ1n) is 6.22. The first-order chi connectivity index (χ1) is 10.5. The standard InChI is InChI=1S/C15H12F3NO2S/c16-15(17,18)11-3-5-13(6-4-11)21-12-2-1-8-19-14(10-20)22-9-7-12/h1-9,20H,10H2. The molecule has 3 nitrogen and oxygen atoms in total. The van der Waals surface area contributed by atoms with E-state index >= 15 is 0 Å². The second-order valence-corrected chi connectivity index (χ2v) is 5.12. The number of aromatic nitrogens is 1. The third-order valence-corrected chi connectivity index (χ3v) is 3.33. The molecule has 1 aromatic carbocycles. The van der Waals surface area contributed by atoms with Crippen molar-refractivity contribution in [2.45, 2.75) is 12.8 Å². The molecular formula is C15H12F3NO2S. The molecule has 7 heteroatoms. The van der Waals surface area contributed by atoms with Crippen molar-refractivity contribution in [2.75, 3.05) is 0 Å². The summed E-state index contributed by atoms with van der Waals surface area (Å²) in [6.45, 7) is -0.172. The van der Waals surface area contributed by atoms with Crippen LogP contribution in [0, 0.1) is 0 Å². The van der Waals surface area contributed by atoms with Crippen molar-refractivity contribution in [1.29, 1.82) is 0 Å². The van der Waals surface area contributed by atoms with E-state index in [1.807, 2.05) is 0 Å². The highest BCUT2D eigenvalue weighted by Gasteiger charge is 2.29. The zero-order valence-electron chi connectivity index (χ0n) is 11.2. The Hall–Kier alpha value is -2.12. The molecule has 0 aliphatic heterocycles. The highest BCUT2D eigenvalue weighted by Crippen LogP contribution is 2.31. The molecule has 0 fully saturated rings. The third kappa shape index (κ3) is 4.71. The molecule has 0 spiro atoms. The Kier molecular flexibility index (Phi) is 5.35. The second-order valence-electron chi connectivity index (χ2n) is 4.14. The molecule has 0 atom stereocenters. The van der Waals surface area contributed by atoms with Gasteiger partial charge in [0.1, 0.15) is 16.5 Å². The zero-order valence-corrected chi connectivity index (χ0v) is 12.1. The summed E-state index contributed by atoms with van der Waals surface area (Å²) in [5.41, 5.74) is -0.727. The molecule has 0 bridgehead atoms. The summed E-state index contributed by atoms with van der Waals surface area (Å²) in [4.78, 5) is 4.01. The van der Waals surface area contributed by atoms with E-state index in [9.17, 15) is 13.2 Å². The molecule has 0 amide bonds. The maximum atomic E-state index is 12.5. The number of halogens is 3. The summed E-state index contributed by atoms with van der Waals surface area (Å²) in [7, 11) is 0. The largest absolute Gasteiger partial charge is 0.457 e. The van der Waals surface area contributed by atoms with Crippen LogP contribution in [0.15, 0.2) is 54.0 Å². The van der Waals surface area contributed by atoms with Gasteiger partial charge in [0.05, 0.1) is 12.2 Å². The molecule has 0 unspecified atom stereocenters. The molecule has 116 valence electrons. The van der Waals surface area contributed by atoms with Gasteiger partial charge in [0.25, 0.3) is 0 Å². The van der Waals surface area contributed by atoms with E-state index in [0.29, 0.717) is 16.5 Å². The quantitative estimate of drug-likeness (QED) is 0.898. The van der Waals surface area contributed by atoms with Crippen LogP contribution in [0.2, 0.25) is 0 Å². The summed E-state index contributed by atoms with van der Waals surface area (Å²) in [6, 6.07) is 9.33. The van der Waals surface area contributed by atoms with E-state index in [1.54, 1.807) is 23.6 Å². The van der Waals surface area contributed by atoms with Gasteiger partial charge < -0.3 is 9.84 Å². The topological polar surface area (TPSA) is 42.4 Å². The Balaban J connectivity index is 2.22. The fraction of sp³-hybridized carbons (Fsp3) is 0.133. The molecule has 0 radical (unpaired) electrons. The molecule has 0 saturated carbocycles. The highest BCUT2D eigenvalue weighted by atomic mass is 32.1. The lowest BCUT2D eigenvalue weighted by atomic mass is 10.2. The molecular weight excluding hydrogens is 315 g/mol. The summed E-state index contributed by atoms with van der Waals surface area (Å²) in [6.07, 6.45) is -2.87. The SMILES string of the molecule is OCc1ncccc(Oc2ccc(C(F)(F)F)cc2)ccs1. The van der Waals surface area contributed by atoms with Crippen LogP contribution in [0.5, 0.6) is 11.5 Å². The molecule has 2 rings (SSSR count). The zero-order chi connectivity index (χ0) is 16.0. The summed E-state index contributed by atoms with van der Waals surface area (Å²) >= 11 is 1.23. The normalized spacial score (nSPS) is 10.9. The van der Waals surface area contributed by atoms with Crippen LogP contribution < -0.4 is 4.74 Å². The van der Waals surface area contributed by atoms with Crippen molar-refractivity contribution >= 4 is 11.3 Å². The smallest absolute Gasteiger partial charge is 0.416 e. The van der Waals surface area contributed by atoms with Gasteiger partial charge in [-0.2, -0.15) is 13.2 Å². The van der Waals surface area contributed by atoms with E-state index in [2.05, 4.69) is 4.98 Å². The minimum absolute atomic E-state index is 0.172. The van der Waals surface area contributed by atoms with E-state index in [-0.39, 0.29) is 6.61 Å². The van der Waals surface area contributed by atoms with Crippen molar-refractivity contribution in [2.24, 2.45) is 0 Å². The van der Waals surface area contributed by atoms with Gasteiger partial charge in [-0.1, -0.05) is 0 Å². The Labute approximate surface area is 129 Å². The molecule has 0 saturated heterocycles. The van der Waals surface area contributed by atoms with Crippen molar-refractivity contribution in [3.8, 4) is 11.5 Å². The van der Waals surface area contributed by atoms with Crippen molar-refractivity contribution < 1.29 is 23.0 Å². The lowest BCUT2D eigenvalue weighted by Gasteiger charge is -2.08. The first-order valence-corrected chi connectivity index (χ1v) is 7.09. The monoisotopic (exact) mass is 327 g/mol. The number of hydrogen-bond acceptors (Lipinski definition) is 4. The molecule has 2 aromatic rings. The molecule has 0 aliphatic carbocycles. The number of hydrogen-bond donors (Lipinski definition) is 1. The molecule has 1 heterocycles. The third-order valence-electron chi connectivity index (χ3n) is 2.55. The van der Waals surface area contributed by atoms with Crippen molar-refractivity contribution in [3.63, 3.8) is 0 Å². The van der Waals surface area contributed by atoms with Crippen LogP contribution >= 0.6 is 11.3 Å². The number of alkyl halides is 3. The Bertz CT molecular complexity index is 667. The van der Waals surface area contributed by atoms with E-state index in [0.717, 1.165) is 12.1 Å². The number of benzene rings is 1. The Morgan fingerprint density at radius 1 is 1.05 bits per heavy atom. The van der Waals surface area contributed by atoms with Gasteiger partial charge in [0.2, 0.25) is 0 Å². The predicted octanol–water partition coefficient (Wildman–Crippen LogP) is 4.57. The average Bonchev–Trinajstić information content (AvgIpc) is 2.59. The van der Waals surface area contributed by atoms with E-state index in [1.165, 1.54) is 29.7 Å². The summed E-state index contributed by atoms with van der Waals surface area (Å²) in [5.74, 6) is 0.739. The molecule has 1 aromatic heterocycles. The Morgan fingerprint density at radius 3 is 2.36 bits per heavy atom. The van der Waals surface area contributed by atoms with E-state index < -0.39 is 11.7 Å². The van der Waals surface area contributed by atoms with Crippen LogP contribution in [0.4, 0.5) is 13.2 Å². The highest BCUT2D eigenvalue weighted by molar-refractivity contribution is 7.09. The van der Waals surface area contributed by atoms with Gasteiger partial charge in [-0.05, 0) is 47.8 Å². The van der Waals surface area contributed by atoms with Gasteiger partial charge in [-0.3, -0.25) is 0 Å². The number of rotatable bonds is 3. The number of nitrogens with zero attached hydrogens (tertiary/aromatic N) is 1. The molecule has 0 aliphatic rings. The maximum absolute atomic E-state index is 12.5. The fourth-order valence-electron chi connectivity index (χ4n) is 1.52. The van der Waals surface area contributed by atoms with Gasteiger partial charge in [-0.25, -0.2) is 4.98 Å². The first kappa shape index (κ1) is 16.3. The van der Waals surface area contributed by atoms with Gasteiger partial charge in [-0.15, -0.1) is 11.3 Å². The van der Waals surface area contributed by atoms with Gasteiger partial charge in [0, 0.05) is 6.20 Å². The van der Waals surface area contributed by atoms with Crippen LogP contribution in [0.3, 0.4) is 0 Å². The van der Waals surface area contributed by atoms with E-state index in [4.69, 9.17) is 9.84 Å². The van der Waals surface area contributed by atoms with Gasteiger partial charge in [0.15, 0.2) is 0 Å².